The van der Waals surface area contributed by atoms with Crippen LogP contribution in [0.5, 0.6) is 0 Å². The molecule has 7 heteroatoms. The molecule has 5 nitrogen and oxygen atoms in total. The lowest BCUT2D eigenvalue weighted by molar-refractivity contribution is -0.153. The second-order valence-corrected chi connectivity index (χ2v) is 3.32. The van der Waals surface area contributed by atoms with Gasteiger partial charge in [0.2, 0.25) is 0 Å². The predicted molar refractivity (Wildman–Crippen MR) is 54.9 cm³/mol. The minimum absolute atomic E-state index is 0.00589. The van der Waals surface area contributed by atoms with Crippen LogP contribution >= 0.6 is 0 Å². The number of rotatable bonds is 4. The third-order valence-electron chi connectivity index (χ3n) is 2.10. The maximum atomic E-state index is 13.3. The van der Waals surface area contributed by atoms with Gasteiger partial charge in [-0.05, 0) is 24.6 Å². The molecule has 0 aliphatic heterocycles. The Hall–Kier alpha value is -2.02. The summed E-state index contributed by atoms with van der Waals surface area (Å²) < 4.78 is 31.0. The van der Waals surface area contributed by atoms with Crippen molar-refractivity contribution in [2.75, 3.05) is 6.61 Å². The Morgan fingerprint density at radius 2 is 1.83 bits per heavy atom. The van der Waals surface area contributed by atoms with Crippen molar-refractivity contribution in [2.24, 2.45) is 0 Å². The molecule has 0 heterocycles. The summed E-state index contributed by atoms with van der Waals surface area (Å²) in [5.74, 6) is -5.59. The lowest BCUT2D eigenvalue weighted by atomic mass is 10.1. The molecule has 18 heavy (non-hydrogen) atoms. The first-order chi connectivity index (χ1) is 8.38. The zero-order chi connectivity index (χ0) is 13.9. The summed E-state index contributed by atoms with van der Waals surface area (Å²) in [4.78, 5) is 21.7. The van der Waals surface area contributed by atoms with Gasteiger partial charge in [-0.15, -0.1) is 0 Å². The van der Waals surface area contributed by atoms with Crippen molar-refractivity contribution in [3.05, 3.63) is 34.9 Å². The standard InChI is InChI=1S/C11H10F2O5/c1-2-18-11(17)9(14)5-3-6(12)8(10(15)16)7(13)4-5/h3-4,9,14H,2H2,1H3,(H,15,16). The van der Waals surface area contributed by atoms with Crippen molar-refractivity contribution in [2.45, 2.75) is 13.0 Å². The van der Waals surface area contributed by atoms with E-state index in [1.807, 2.05) is 0 Å². The van der Waals surface area contributed by atoms with E-state index in [4.69, 9.17) is 5.11 Å². The Balaban J connectivity index is 3.14. The van der Waals surface area contributed by atoms with Crippen LogP contribution in [-0.4, -0.2) is 28.8 Å². The van der Waals surface area contributed by atoms with E-state index in [1.54, 1.807) is 0 Å². The Morgan fingerprint density at radius 3 is 2.22 bits per heavy atom. The molecule has 0 saturated carbocycles. The molecule has 1 aromatic carbocycles. The maximum Gasteiger partial charge on any atom is 0.341 e. The molecule has 0 aromatic heterocycles. The number of aliphatic hydroxyl groups is 1. The lowest BCUT2D eigenvalue weighted by Crippen LogP contribution is -2.17. The van der Waals surface area contributed by atoms with Gasteiger partial charge >= 0.3 is 11.9 Å². The van der Waals surface area contributed by atoms with Gasteiger partial charge in [-0.2, -0.15) is 0 Å². The minimum Gasteiger partial charge on any atom is -0.477 e. The molecular formula is C11H10F2O5. The third kappa shape index (κ3) is 2.80. The zero-order valence-corrected chi connectivity index (χ0v) is 9.31. The summed E-state index contributed by atoms with van der Waals surface area (Å²) in [5, 5.41) is 18.0. The van der Waals surface area contributed by atoms with Crippen LogP contribution in [0.15, 0.2) is 12.1 Å². The summed E-state index contributed by atoms with van der Waals surface area (Å²) in [7, 11) is 0. The number of hydrogen-bond acceptors (Lipinski definition) is 4. The Morgan fingerprint density at radius 1 is 1.33 bits per heavy atom. The Bertz CT molecular complexity index is 463. The van der Waals surface area contributed by atoms with Crippen molar-refractivity contribution < 1.29 is 33.3 Å². The normalized spacial score (nSPS) is 12.0. The second kappa shape index (κ2) is 5.54. The molecule has 0 amide bonds. The molecule has 1 unspecified atom stereocenters. The minimum atomic E-state index is -1.86. The summed E-state index contributed by atoms with van der Waals surface area (Å²) in [5.41, 5.74) is -1.55. The van der Waals surface area contributed by atoms with E-state index in [0.29, 0.717) is 12.1 Å². The van der Waals surface area contributed by atoms with E-state index >= 15 is 0 Å². The number of benzene rings is 1. The highest BCUT2D eigenvalue weighted by molar-refractivity contribution is 5.88. The Kier molecular flexibility index (Phi) is 4.33. The van der Waals surface area contributed by atoms with E-state index < -0.39 is 40.8 Å². The number of carboxylic acids is 1. The summed E-state index contributed by atoms with van der Waals surface area (Å²) >= 11 is 0. The first-order valence-electron chi connectivity index (χ1n) is 4.95. The molecule has 0 fully saturated rings. The van der Waals surface area contributed by atoms with Crippen molar-refractivity contribution in [1.82, 2.24) is 0 Å². The van der Waals surface area contributed by atoms with Crippen LogP contribution in [0.1, 0.15) is 28.9 Å². The summed E-state index contributed by atoms with van der Waals surface area (Å²) in [6, 6.07) is 1.15. The van der Waals surface area contributed by atoms with Gasteiger partial charge in [0.15, 0.2) is 6.10 Å². The maximum absolute atomic E-state index is 13.3. The van der Waals surface area contributed by atoms with E-state index in [2.05, 4.69) is 4.74 Å². The molecule has 0 spiro atoms. The van der Waals surface area contributed by atoms with Crippen LogP contribution in [0, 0.1) is 11.6 Å². The van der Waals surface area contributed by atoms with Gasteiger partial charge in [0.1, 0.15) is 17.2 Å². The van der Waals surface area contributed by atoms with E-state index in [9.17, 15) is 23.5 Å². The molecule has 0 aliphatic carbocycles. The van der Waals surface area contributed by atoms with E-state index in [1.165, 1.54) is 6.92 Å². The molecular weight excluding hydrogens is 250 g/mol. The fourth-order valence-corrected chi connectivity index (χ4v) is 1.31. The van der Waals surface area contributed by atoms with Crippen molar-refractivity contribution >= 4 is 11.9 Å². The van der Waals surface area contributed by atoms with Gasteiger partial charge < -0.3 is 14.9 Å². The van der Waals surface area contributed by atoms with E-state index in [0.717, 1.165) is 0 Å². The van der Waals surface area contributed by atoms with Gasteiger partial charge in [0, 0.05) is 0 Å². The molecule has 0 radical (unpaired) electrons. The Labute approximate surface area is 101 Å². The largest absolute Gasteiger partial charge is 0.477 e. The van der Waals surface area contributed by atoms with Gasteiger partial charge in [-0.1, -0.05) is 0 Å². The number of ether oxygens (including phenoxy) is 1. The predicted octanol–water partition coefficient (Wildman–Crippen LogP) is 1.26. The van der Waals surface area contributed by atoms with Crippen LogP contribution in [0.4, 0.5) is 8.78 Å². The fraction of sp³-hybridized carbons (Fsp3) is 0.273. The molecule has 1 rings (SSSR count). The number of aliphatic hydroxyl groups excluding tert-OH is 1. The van der Waals surface area contributed by atoms with Crippen LogP contribution in [0.3, 0.4) is 0 Å². The van der Waals surface area contributed by atoms with Crippen LogP contribution in [-0.2, 0) is 9.53 Å². The summed E-state index contributed by atoms with van der Waals surface area (Å²) in [6.07, 6.45) is -1.86. The third-order valence-corrected chi connectivity index (χ3v) is 2.10. The number of halogens is 2. The average molecular weight is 260 g/mol. The topological polar surface area (TPSA) is 83.8 Å². The molecule has 2 N–H and O–H groups in total. The van der Waals surface area contributed by atoms with Gasteiger partial charge in [0.05, 0.1) is 6.61 Å². The highest BCUT2D eigenvalue weighted by atomic mass is 19.1. The molecule has 0 aliphatic rings. The van der Waals surface area contributed by atoms with Gasteiger partial charge in [-0.3, -0.25) is 0 Å². The van der Waals surface area contributed by atoms with Gasteiger partial charge in [0.25, 0.3) is 0 Å². The quantitative estimate of drug-likeness (QED) is 0.796. The monoisotopic (exact) mass is 260 g/mol. The molecule has 98 valence electrons. The smallest absolute Gasteiger partial charge is 0.341 e. The van der Waals surface area contributed by atoms with Crippen molar-refractivity contribution in [3.63, 3.8) is 0 Å². The SMILES string of the molecule is CCOC(=O)C(O)c1cc(F)c(C(=O)O)c(F)c1. The number of carboxylic acid groups (broad SMARTS) is 1. The number of carbonyl (C=O) groups excluding carboxylic acids is 1. The molecule has 1 aromatic rings. The number of esters is 1. The molecule has 0 saturated heterocycles. The lowest BCUT2D eigenvalue weighted by Gasteiger charge is -2.11. The number of aromatic carboxylic acids is 1. The van der Waals surface area contributed by atoms with Gasteiger partial charge in [-0.25, -0.2) is 18.4 Å². The van der Waals surface area contributed by atoms with Crippen LogP contribution in [0.2, 0.25) is 0 Å². The van der Waals surface area contributed by atoms with Crippen molar-refractivity contribution in [3.8, 4) is 0 Å². The van der Waals surface area contributed by atoms with Crippen molar-refractivity contribution in [1.29, 1.82) is 0 Å². The zero-order valence-electron chi connectivity index (χ0n) is 9.31. The van der Waals surface area contributed by atoms with Crippen LogP contribution in [0.25, 0.3) is 0 Å². The first kappa shape index (κ1) is 14.0. The van der Waals surface area contributed by atoms with Crippen LogP contribution < -0.4 is 0 Å². The average Bonchev–Trinajstić information content (AvgIpc) is 2.26. The second-order valence-electron chi connectivity index (χ2n) is 3.32. The number of hydrogen-bond donors (Lipinski definition) is 2. The molecule has 0 bridgehead atoms. The fourth-order valence-electron chi connectivity index (χ4n) is 1.31. The highest BCUT2D eigenvalue weighted by Crippen LogP contribution is 2.21. The van der Waals surface area contributed by atoms with E-state index in [-0.39, 0.29) is 6.61 Å². The molecule has 1 atom stereocenters. The number of carbonyl (C=O) groups is 2. The summed E-state index contributed by atoms with van der Waals surface area (Å²) in [6.45, 7) is 1.49. The first-order valence-corrected chi connectivity index (χ1v) is 4.95. The highest BCUT2D eigenvalue weighted by Gasteiger charge is 2.24.